The van der Waals surface area contributed by atoms with E-state index in [9.17, 15) is 9.90 Å². The van der Waals surface area contributed by atoms with Crippen molar-refractivity contribution in [3.63, 3.8) is 0 Å². The number of hydrogen-bond acceptors (Lipinski definition) is 4. The Labute approximate surface area is 83.3 Å². The molecule has 0 spiro atoms. The van der Waals surface area contributed by atoms with E-state index >= 15 is 0 Å². The molecule has 1 atom stereocenters. The number of aliphatic hydroxyl groups is 1. The number of aliphatic hydroxyl groups excluding tert-OH is 1. The molecular weight excluding hydrogens is 186 g/mol. The van der Waals surface area contributed by atoms with Crippen LogP contribution in [0.4, 0.5) is 0 Å². The normalized spacial score (nSPS) is 20.6. The van der Waals surface area contributed by atoms with E-state index in [1.165, 1.54) is 0 Å². The zero-order chi connectivity index (χ0) is 10.4. The Morgan fingerprint density at radius 1 is 1.43 bits per heavy atom. The van der Waals surface area contributed by atoms with Gasteiger partial charge in [0.05, 0.1) is 25.7 Å². The first kappa shape index (κ1) is 11.4. The summed E-state index contributed by atoms with van der Waals surface area (Å²) in [4.78, 5) is 12.4. The monoisotopic (exact) mass is 203 g/mol. The Morgan fingerprint density at radius 3 is 2.64 bits per heavy atom. The molecule has 5 heteroatoms. The summed E-state index contributed by atoms with van der Waals surface area (Å²) in [5.41, 5.74) is 0. The van der Waals surface area contributed by atoms with Gasteiger partial charge in [0, 0.05) is 19.6 Å². The first-order valence-corrected chi connectivity index (χ1v) is 4.88. The van der Waals surface area contributed by atoms with Gasteiger partial charge in [0.15, 0.2) is 0 Å². The summed E-state index contributed by atoms with van der Waals surface area (Å²) in [6, 6.07) is 0. The van der Waals surface area contributed by atoms with Gasteiger partial charge in [-0.15, -0.1) is 0 Å². The molecule has 1 fully saturated rings. The van der Waals surface area contributed by atoms with Gasteiger partial charge >= 0.3 is 5.97 Å². The summed E-state index contributed by atoms with van der Waals surface area (Å²) >= 11 is 0. The molecule has 1 aliphatic heterocycles. The predicted octanol–water partition coefficient (Wildman–Crippen LogP) is -0.456. The number of ether oxygens (including phenoxy) is 1. The van der Waals surface area contributed by atoms with Gasteiger partial charge in [-0.1, -0.05) is 0 Å². The van der Waals surface area contributed by atoms with E-state index in [2.05, 4.69) is 4.90 Å². The maximum absolute atomic E-state index is 10.3. The summed E-state index contributed by atoms with van der Waals surface area (Å²) in [6.07, 6.45) is -0.369. The molecule has 5 nitrogen and oxygen atoms in total. The Balaban J connectivity index is 2.09. The molecule has 0 radical (unpaired) electrons. The second kappa shape index (κ2) is 5.95. The number of rotatable bonds is 5. The second-order valence-electron chi connectivity index (χ2n) is 3.49. The van der Waals surface area contributed by atoms with Crippen LogP contribution >= 0.6 is 0 Å². The molecule has 82 valence electrons. The van der Waals surface area contributed by atoms with Crippen LogP contribution in [0.3, 0.4) is 0 Å². The van der Waals surface area contributed by atoms with Gasteiger partial charge in [-0.3, -0.25) is 9.69 Å². The summed E-state index contributed by atoms with van der Waals surface area (Å²) < 4.78 is 5.17. The maximum Gasteiger partial charge on any atom is 0.305 e. The van der Waals surface area contributed by atoms with Crippen LogP contribution in [0.2, 0.25) is 0 Å². The molecule has 0 bridgehead atoms. The molecule has 0 aromatic carbocycles. The molecule has 0 saturated carbocycles. The van der Waals surface area contributed by atoms with Gasteiger partial charge in [0.25, 0.3) is 0 Å². The van der Waals surface area contributed by atoms with Crippen LogP contribution in [0, 0.1) is 0 Å². The van der Waals surface area contributed by atoms with E-state index in [-0.39, 0.29) is 6.42 Å². The van der Waals surface area contributed by atoms with Crippen molar-refractivity contribution in [1.82, 2.24) is 4.90 Å². The Morgan fingerprint density at radius 2 is 2.07 bits per heavy atom. The van der Waals surface area contributed by atoms with Crippen molar-refractivity contribution in [2.24, 2.45) is 0 Å². The van der Waals surface area contributed by atoms with Gasteiger partial charge < -0.3 is 14.9 Å². The minimum atomic E-state index is -0.945. The fraction of sp³-hybridized carbons (Fsp3) is 0.889. The standard InChI is InChI=1S/C9H17NO4/c11-8(7-9(12)13)1-2-10-3-5-14-6-4-10/h8,11H,1-7H2,(H,12,13)/t8-/m0/s1. The van der Waals surface area contributed by atoms with Gasteiger partial charge in [0.2, 0.25) is 0 Å². The molecule has 0 unspecified atom stereocenters. The van der Waals surface area contributed by atoms with Crippen molar-refractivity contribution >= 4 is 5.97 Å². The highest BCUT2D eigenvalue weighted by Gasteiger charge is 2.14. The molecule has 1 rings (SSSR count). The van der Waals surface area contributed by atoms with E-state index in [1.54, 1.807) is 0 Å². The van der Waals surface area contributed by atoms with Crippen LogP contribution in [-0.4, -0.2) is 60.0 Å². The van der Waals surface area contributed by atoms with Crippen molar-refractivity contribution in [3.05, 3.63) is 0 Å². The lowest BCUT2D eigenvalue weighted by Crippen LogP contribution is -2.38. The highest BCUT2D eigenvalue weighted by atomic mass is 16.5. The van der Waals surface area contributed by atoms with Gasteiger partial charge in [-0.2, -0.15) is 0 Å². The van der Waals surface area contributed by atoms with Crippen LogP contribution < -0.4 is 0 Å². The van der Waals surface area contributed by atoms with Crippen LogP contribution in [0.25, 0.3) is 0 Å². The third-order valence-corrected chi connectivity index (χ3v) is 2.29. The van der Waals surface area contributed by atoms with Crippen LogP contribution in [0.5, 0.6) is 0 Å². The zero-order valence-electron chi connectivity index (χ0n) is 8.19. The van der Waals surface area contributed by atoms with Crippen LogP contribution in [0.15, 0.2) is 0 Å². The summed E-state index contributed by atoms with van der Waals surface area (Å²) in [7, 11) is 0. The molecular formula is C9H17NO4. The molecule has 0 aromatic rings. The fourth-order valence-electron chi connectivity index (χ4n) is 1.46. The molecule has 2 N–H and O–H groups in total. The topological polar surface area (TPSA) is 70.0 Å². The number of morpholine rings is 1. The Hall–Kier alpha value is -0.650. The highest BCUT2D eigenvalue weighted by Crippen LogP contribution is 2.03. The van der Waals surface area contributed by atoms with Crippen molar-refractivity contribution < 1.29 is 19.7 Å². The molecule has 14 heavy (non-hydrogen) atoms. The SMILES string of the molecule is O=C(O)C[C@@H](O)CCN1CCOCC1. The third kappa shape index (κ3) is 4.55. The molecule has 0 amide bonds. The molecule has 1 saturated heterocycles. The summed E-state index contributed by atoms with van der Waals surface area (Å²) in [5.74, 6) is -0.945. The van der Waals surface area contributed by atoms with Crippen molar-refractivity contribution in [2.45, 2.75) is 18.9 Å². The quantitative estimate of drug-likeness (QED) is 0.633. The fourth-order valence-corrected chi connectivity index (χ4v) is 1.46. The van der Waals surface area contributed by atoms with Crippen LogP contribution in [0.1, 0.15) is 12.8 Å². The third-order valence-electron chi connectivity index (χ3n) is 2.29. The largest absolute Gasteiger partial charge is 0.481 e. The second-order valence-corrected chi connectivity index (χ2v) is 3.49. The molecule has 0 aliphatic carbocycles. The minimum absolute atomic E-state index is 0.162. The lowest BCUT2D eigenvalue weighted by Gasteiger charge is -2.27. The van der Waals surface area contributed by atoms with Crippen molar-refractivity contribution in [3.8, 4) is 0 Å². The van der Waals surface area contributed by atoms with E-state index in [4.69, 9.17) is 9.84 Å². The number of nitrogens with zero attached hydrogens (tertiary/aromatic N) is 1. The lowest BCUT2D eigenvalue weighted by atomic mass is 10.2. The summed E-state index contributed by atoms with van der Waals surface area (Å²) in [5, 5.41) is 17.7. The van der Waals surface area contributed by atoms with Crippen molar-refractivity contribution in [1.29, 1.82) is 0 Å². The molecule has 0 aromatic heterocycles. The number of carboxylic acid groups (broad SMARTS) is 1. The first-order valence-electron chi connectivity index (χ1n) is 4.88. The molecule has 1 heterocycles. The minimum Gasteiger partial charge on any atom is -0.481 e. The highest BCUT2D eigenvalue weighted by molar-refractivity contribution is 5.67. The maximum atomic E-state index is 10.3. The Kier molecular flexibility index (Phi) is 4.86. The Bertz CT molecular complexity index is 180. The average molecular weight is 203 g/mol. The van der Waals surface area contributed by atoms with E-state index < -0.39 is 12.1 Å². The van der Waals surface area contributed by atoms with Gasteiger partial charge in [-0.25, -0.2) is 0 Å². The zero-order valence-corrected chi connectivity index (χ0v) is 8.19. The predicted molar refractivity (Wildman–Crippen MR) is 50.1 cm³/mol. The van der Waals surface area contributed by atoms with Gasteiger partial charge in [0.1, 0.15) is 0 Å². The summed E-state index contributed by atoms with van der Waals surface area (Å²) in [6.45, 7) is 3.96. The van der Waals surface area contributed by atoms with Crippen molar-refractivity contribution in [2.75, 3.05) is 32.8 Å². The lowest BCUT2D eigenvalue weighted by molar-refractivity contribution is -0.139. The average Bonchev–Trinajstić information content (AvgIpc) is 2.15. The van der Waals surface area contributed by atoms with E-state index in [0.717, 1.165) is 32.8 Å². The van der Waals surface area contributed by atoms with Crippen LogP contribution in [-0.2, 0) is 9.53 Å². The molecule has 1 aliphatic rings. The number of carbonyl (C=O) groups is 1. The van der Waals surface area contributed by atoms with E-state index in [1.807, 2.05) is 0 Å². The van der Waals surface area contributed by atoms with Gasteiger partial charge in [-0.05, 0) is 6.42 Å². The smallest absolute Gasteiger partial charge is 0.305 e. The number of hydrogen-bond donors (Lipinski definition) is 2. The van der Waals surface area contributed by atoms with E-state index in [0.29, 0.717) is 6.42 Å². The number of aliphatic carboxylic acids is 1. The number of carboxylic acids is 1. The first-order chi connectivity index (χ1) is 6.68.